The summed E-state index contributed by atoms with van der Waals surface area (Å²) in [6.45, 7) is 4.18. The van der Waals surface area contributed by atoms with E-state index in [9.17, 15) is 9.59 Å². The quantitative estimate of drug-likeness (QED) is 0.175. The summed E-state index contributed by atoms with van der Waals surface area (Å²) >= 11 is 0. The molecule has 0 N–H and O–H groups in total. The van der Waals surface area contributed by atoms with Crippen LogP contribution in [0.15, 0.2) is 158 Å². The van der Waals surface area contributed by atoms with Crippen LogP contribution >= 0.6 is 0 Å². The number of aromatic nitrogens is 1. The molecule has 0 atom stereocenters. The van der Waals surface area contributed by atoms with Crippen LogP contribution in [-0.2, 0) is 0 Å². The maximum absolute atomic E-state index is 14.6. The maximum Gasteiger partial charge on any atom is 0.268 e. The molecule has 7 aromatic carbocycles. The molecule has 1 aromatic heterocycles. The number of rotatable bonds is 5. The van der Waals surface area contributed by atoms with E-state index in [1.165, 1.54) is 16.0 Å². The summed E-state index contributed by atoms with van der Waals surface area (Å²) in [5, 5.41) is 2.15. The Morgan fingerprint density at radius 1 is 0.420 bits per heavy atom. The number of anilines is 1. The lowest BCUT2D eigenvalue weighted by atomic mass is 10.0. The minimum atomic E-state index is -0.329. The van der Waals surface area contributed by atoms with Crippen molar-refractivity contribution in [1.29, 1.82) is 0 Å². The minimum absolute atomic E-state index is 0.321. The van der Waals surface area contributed by atoms with E-state index in [1.54, 1.807) is 6.07 Å². The van der Waals surface area contributed by atoms with Crippen molar-refractivity contribution in [2.75, 3.05) is 4.90 Å². The summed E-state index contributed by atoms with van der Waals surface area (Å²) in [6, 6.07) is 53.4. The molecule has 2 heterocycles. The van der Waals surface area contributed by atoms with Gasteiger partial charge < -0.3 is 4.57 Å². The number of hydrogen-bond donors (Lipinski definition) is 0. The summed E-state index contributed by atoms with van der Waals surface area (Å²) in [4.78, 5) is 30.0. The molecule has 4 nitrogen and oxygen atoms in total. The molecule has 0 saturated carbocycles. The summed E-state index contributed by atoms with van der Waals surface area (Å²) in [6.07, 6.45) is 0. The van der Waals surface area contributed by atoms with Gasteiger partial charge in [0.15, 0.2) is 0 Å². The van der Waals surface area contributed by atoms with Gasteiger partial charge in [-0.25, -0.2) is 4.90 Å². The van der Waals surface area contributed by atoms with Gasteiger partial charge in [-0.15, -0.1) is 0 Å². The van der Waals surface area contributed by atoms with Crippen LogP contribution in [0.4, 0.5) is 5.69 Å². The minimum Gasteiger partial charge on any atom is -0.308 e. The van der Waals surface area contributed by atoms with Crippen LogP contribution in [0.25, 0.3) is 60.9 Å². The molecule has 0 fully saturated rings. The molecule has 0 bridgehead atoms. The first-order valence-corrected chi connectivity index (χ1v) is 16.8. The van der Waals surface area contributed by atoms with Crippen molar-refractivity contribution in [3.8, 4) is 39.1 Å². The Morgan fingerprint density at radius 3 is 1.52 bits per heavy atom. The molecular formula is C46H32N2O2. The third kappa shape index (κ3) is 4.76. The average molecular weight is 645 g/mol. The number of benzene rings is 7. The fraction of sp³-hybridized carbons (Fsp3) is 0.0435. The highest BCUT2D eigenvalue weighted by atomic mass is 16.2. The van der Waals surface area contributed by atoms with Gasteiger partial charge in [-0.1, -0.05) is 132 Å². The molecule has 0 aliphatic carbocycles. The zero-order valence-corrected chi connectivity index (χ0v) is 27.7. The lowest BCUT2D eigenvalue weighted by Crippen LogP contribution is -2.29. The van der Waals surface area contributed by atoms with Crippen LogP contribution in [0.2, 0.25) is 0 Å². The second-order valence-corrected chi connectivity index (χ2v) is 13.1. The summed E-state index contributed by atoms with van der Waals surface area (Å²) < 4.78 is 2.17. The van der Waals surface area contributed by atoms with Gasteiger partial charge in [0.05, 0.1) is 33.5 Å². The number of carbonyl (C=O) groups is 2. The first-order chi connectivity index (χ1) is 24.4. The van der Waals surface area contributed by atoms with E-state index < -0.39 is 0 Å². The topological polar surface area (TPSA) is 42.3 Å². The molecule has 1 aliphatic rings. The van der Waals surface area contributed by atoms with E-state index in [0.29, 0.717) is 22.5 Å². The third-order valence-electron chi connectivity index (χ3n) is 9.88. The van der Waals surface area contributed by atoms with Gasteiger partial charge in [-0.3, -0.25) is 9.59 Å². The van der Waals surface area contributed by atoms with Crippen molar-refractivity contribution in [1.82, 2.24) is 4.57 Å². The first-order valence-electron chi connectivity index (χ1n) is 16.8. The smallest absolute Gasteiger partial charge is 0.268 e. The van der Waals surface area contributed by atoms with E-state index in [-0.39, 0.29) is 11.8 Å². The number of amides is 2. The third-order valence-corrected chi connectivity index (χ3v) is 9.88. The number of nitrogens with zero attached hydrogens (tertiary/aromatic N) is 2. The van der Waals surface area contributed by atoms with Crippen LogP contribution in [-0.4, -0.2) is 16.4 Å². The van der Waals surface area contributed by atoms with Crippen molar-refractivity contribution in [2.24, 2.45) is 0 Å². The average Bonchev–Trinajstić information content (AvgIpc) is 3.62. The van der Waals surface area contributed by atoms with Crippen LogP contribution in [0.1, 0.15) is 31.8 Å². The highest BCUT2D eigenvalue weighted by Gasteiger charge is 2.39. The number of aryl methyl sites for hydroxylation is 2. The van der Waals surface area contributed by atoms with Gasteiger partial charge in [0, 0.05) is 10.8 Å². The van der Waals surface area contributed by atoms with E-state index in [2.05, 4.69) is 103 Å². The molecule has 50 heavy (non-hydrogen) atoms. The second kappa shape index (κ2) is 11.6. The van der Waals surface area contributed by atoms with Gasteiger partial charge in [0.25, 0.3) is 11.8 Å². The fourth-order valence-electron chi connectivity index (χ4n) is 7.27. The van der Waals surface area contributed by atoms with E-state index in [1.807, 2.05) is 66.7 Å². The molecule has 0 unspecified atom stereocenters. The summed E-state index contributed by atoms with van der Waals surface area (Å²) in [5.74, 6) is -0.649. The monoisotopic (exact) mass is 644 g/mol. The van der Waals surface area contributed by atoms with Crippen LogP contribution < -0.4 is 4.90 Å². The molecule has 0 spiro atoms. The SMILES string of the molecule is Cc1ccc(-c2ccc3c4ccc(-c5ccc(C)cc5)cc4n(-c4cccc5c4C(=O)N(c4cccc(-c6ccccc6)c4)C5=O)c3c2)cc1. The number of carbonyl (C=O) groups excluding carboxylic acids is 2. The highest BCUT2D eigenvalue weighted by Crippen LogP contribution is 2.40. The van der Waals surface area contributed by atoms with Crippen molar-refractivity contribution >= 4 is 39.3 Å². The van der Waals surface area contributed by atoms with Gasteiger partial charge in [0.1, 0.15) is 0 Å². The van der Waals surface area contributed by atoms with Gasteiger partial charge in [-0.2, -0.15) is 0 Å². The van der Waals surface area contributed by atoms with Crippen molar-refractivity contribution < 1.29 is 9.59 Å². The normalized spacial score (nSPS) is 12.6. The number of imide groups is 1. The van der Waals surface area contributed by atoms with Crippen molar-refractivity contribution in [3.05, 3.63) is 180 Å². The number of hydrogen-bond acceptors (Lipinski definition) is 2. The first kappa shape index (κ1) is 29.6. The van der Waals surface area contributed by atoms with Crippen LogP contribution in [0, 0.1) is 13.8 Å². The second-order valence-electron chi connectivity index (χ2n) is 13.1. The molecule has 9 rings (SSSR count). The molecule has 4 heteroatoms. The van der Waals surface area contributed by atoms with Gasteiger partial charge >= 0.3 is 0 Å². The maximum atomic E-state index is 14.6. The Labute approximate surface area is 290 Å². The predicted molar refractivity (Wildman–Crippen MR) is 204 cm³/mol. The van der Waals surface area contributed by atoms with Gasteiger partial charge in [0.2, 0.25) is 0 Å². The molecule has 0 saturated heterocycles. The zero-order chi connectivity index (χ0) is 33.9. The largest absolute Gasteiger partial charge is 0.308 e. The Bertz CT molecular complexity index is 2530. The van der Waals surface area contributed by atoms with Gasteiger partial charge in [-0.05, 0) is 83.6 Å². The van der Waals surface area contributed by atoms with Crippen molar-refractivity contribution in [3.63, 3.8) is 0 Å². The van der Waals surface area contributed by atoms with Crippen LogP contribution in [0.3, 0.4) is 0 Å². The Balaban J connectivity index is 1.26. The lowest BCUT2D eigenvalue weighted by molar-refractivity contribution is 0.0926. The standard InChI is InChI=1S/C46H32N2O2/c1-29-14-18-32(19-15-29)35-22-24-38-39-25-23-36(33-20-16-30(2)17-21-33)28-43(39)48(42(38)27-35)41-13-7-12-40-44(41)46(50)47(45(40)49)37-11-6-10-34(26-37)31-8-4-3-5-9-31/h3-28H,1-2H3. The molecular weight excluding hydrogens is 613 g/mol. The molecule has 8 aromatic rings. The summed E-state index contributed by atoms with van der Waals surface area (Å²) in [5.41, 5.74) is 12.7. The predicted octanol–water partition coefficient (Wildman–Crippen LogP) is 11.2. The Kier molecular flexibility index (Phi) is 6.85. The number of fused-ring (bicyclic) bond motifs is 4. The van der Waals surface area contributed by atoms with E-state index in [0.717, 1.165) is 55.2 Å². The van der Waals surface area contributed by atoms with E-state index >= 15 is 0 Å². The Hall–Kier alpha value is -6.52. The summed E-state index contributed by atoms with van der Waals surface area (Å²) in [7, 11) is 0. The van der Waals surface area contributed by atoms with Crippen molar-refractivity contribution in [2.45, 2.75) is 13.8 Å². The fourth-order valence-corrected chi connectivity index (χ4v) is 7.27. The highest BCUT2D eigenvalue weighted by molar-refractivity contribution is 6.36. The molecule has 238 valence electrons. The molecule has 2 amide bonds. The molecule has 1 aliphatic heterocycles. The lowest BCUT2D eigenvalue weighted by Gasteiger charge is -2.16. The van der Waals surface area contributed by atoms with E-state index in [4.69, 9.17) is 0 Å². The zero-order valence-electron chi connectivity index (χ0n) is 27.7. The molecule has 0 radical (unpaired) electrons. The van der Waals surface area contributed by atoms with Crippen LogP contribution in [0.5, 0.6) is 0 Å². The Morgan fingerprint density at radius 2 is 0.920 bits per heavy atom.